The van der Waals surface area contributed by atoms with E-state index in [1.165, 1.54) is 12.8 Å². The van der Waals surface area contributed by atoms with Gasteiger partial charge in [0, 0.05) is 13.2 Å². The third-order valence-corrected chi connectivity index (χ3v) is 5.15. The third-order valence-electron chi connectivity index (χ3n) is 5.15. The highest BCUT2D eigenvalue weighted by molar-refractivity contribution is 5.83. The summed E-state index contributed by atoms with van der Waals surface area (Å²) in [4.78, 5) is 13.3. The Hall–Kier alpha value is -2.13. The van der Waals surface area contributed by atoms with Crippen molar-refractivity contribution in [2.75, 3.05) is 32.5 Å². The van der Waals surface area contributed by atoms with Crippen molar-refractivity contribution < 1.29 is 14.2 Å². The number of nitrogens with two attached hydrogens (primary N) is 1. The van der Waals surface area contributed by atoms with Crippen molar-refractivity contribution in [2.24, 2.45) is 0 Å². The van der Waals surface area contributed by atoms with E-state index in [2.05, 4.69) is 27.2 Å². The van der Waals surface area contributed by atoms with Crippen molar-refractivity contribution >= 4 is 17.0 Å². The standard InChI is InChI=1S/C20H34N6O3/c1-4-7-14(2)29-19-24-17(21)16-18(25-19)26(20(23-16)27-3)12-6-10-22-11-9-15-8-5-13-28-15/h14-15,22H,4-13H2,1-3H3,(H2,21,24,25)/t14-,15?/m0/s1. The molecule has 0 amide bonds. The van der Waals surface area contributed by atoms with Crippen LogP contribution in [0.5, 0.6) is 12.0 Å². The molecule has 2 atom stereocenters. The number of imidazole rings is 1. The van der Waals surface area contributed by atoms with Crippen LogP contribution in [0.4, 0.5) is 5.82 Å². The first-order chi connectivity index (χ1) is 14.1. The molecule has 1 aliphatic heterocycles. The zero-order chi connectivity index (χ0) is 20.6. The Morgan fingerprint density at radius 2 is 2.17 bits per heavy atom. The summed E-state index contributed by atoms with van der Waals surface area (Å²) in [5, 5.41) is 3.49. The van der Waals surface area contributed by atoms with Crippen LogP contribution in [-0.4, -0.2) is 58.5 Å². The van der Waals surface area contributed by atoms with Crippen molar-refractivity contribution in [2.45, 2.75) is 71.1 Å². The SMILES string of the molecule is CCC[C@H](C)Oc1nc(N)c2nc(OC)n(CCCNCCC3CCCO3)c2n1. The maximum absolute atomic E-state index is 6.11. The van der Waals surface area contributed by atoms with Crippen LogP contribution >= 0.6 is 0 Å². The molecule has 9 nitrogen and oxygen atoms in total. The summed E-state index contributed by atoms with van der Waals surface area (Å²) in [6, 6.07) is 0.772. The van der Waals surface area contributed by atoms with Crippen LogP contribution < -0.4 is 20.5 Å². The lowest BCUT2D eigenvalue weighted by Gasteiger charge is -2.13. The predicted molar refractivity (Wildman–Crippen MR) is 112 cm³/mol. The number of nitrogens with zero attached hydrogens (tertiary/aromatic N) is 4. The molecule has 0 aromatic carbocycles. The van der Waals surface area contributed by atoms with Crippen LogP contribution in [0.25, 0.3) is 11.2 Å². The molecule has 0 aliphatic carbocycles. The second-order valence-corrected chi connectivity index (χ2v) is 7.56. The molecule has 3 N–H and O–H groups in total. The highest BCUT2D eigenvalue weighted by Crippen LogP contribution is 2.26. The van der Waals surface area contributed by atoms with E-state index in [1.54, 1.807) is 7.11 Å². The molecule has 3 rings (SSSR count). The van der Waals surface area contributed by atoms with Gasteiger partial charge in [-0.25, -0.2) is 0 Å². The van der Waals surface area contributed by atoms with Crippen LogP contribution in [0, 0.1) is 0 Å². The fourth-order valence-corrected chi connectivity index (χ4v) is 3.66. The molecule has 1 fully saturated rings. The largest absolute Gasteiger partial charge is 0.468 e. The molecule has 1 saturated heterocycles. The Labute approximate surface area is 172 Å². The molecule has 1 aliphatic rings. The van der Waals surface area contributed by atoms with Gasteiger partial charge in [0.15, 0.2) is 17.0 Å². The summed E-state index contributed by atoms with van der Waals surface area (Å²) in [5.74, 6) is 0.306. The molecule has 29 heavy (non-hydrogen) atoms. The molecule has 0 radical (unpaired) electrons. The second kappa shape index (κ2) is 10.6. The van der Waals surface area contributed by atoms with Gasteiger partial charge >= 0.3 is 6.01 Å². The van der Waals surface area contributed by atoms with Crippen molar-refractivity contribution in [1.82, 2.24) is 24.8 Å². The molecule has 0 spiro atoms. The highest BCUT2D eigenvalue weighted by Gasteiger charge is 2.19. The smallest absolute Gasteiger partial charge is 0.320 e. The zero-order valence-electron chi connectivity index (χ0n) is 17.8. The molecule has 3 heterocycles. The van der Waals surface area contributed by atoms with Crippen LogP contribution in [-0.2, 0) is 11.3 Å². The van der Waals surface area contributed by atoms with E-state index in [9.17, 15) is 0 Å². The van der Waals surface area contributed by atoms with E-state index >= 15 is 0 Å². The fraction of sp³-hybridized carbons (Fsp3) is 0.750. The summed E-state index contributed by atoms with van der Waals surface area (Å²) in [5.41, 5.74) is 7.30. The number of hydrogen-bond donors (Lipinski definition) is 2. The molecule has 0 saturated carbocycles. The van der Waals surface area contributed by atoms with Gasteiger partial charge in [-0.05, 0) is 52.1 Å². The summed E-state index contributed by atoms with van der Waals surface area (Å²) in [6.45, 7) is 7.61. The minimum Gasteiger partial charge on any atom is -0.468 e. The van der Waals surface area contributed by atoms with Crippen LogP contribution in [0.1, 0.15) is 52.4 Å². The third kappa shape index (κ3) is 5.70. The average molecular weight is 407 g/mol. The van der Waals surface area contributed by atoms with E-state index < -0.39 is 0 Å². The van der Waals surface area contributed by atoms with Gasteiger partial charge in [-0.15, -0.1) is 0 Å². The van der Waals surface area contributed by atoms with Crippen molar-refractivity contribution in [1.29, 1.82) is 0 Å². The van der Waals surface area contributed by atoms with Crippen molar-refractivity contribution in [3.63, 3.8) is 0 Å². The van der Waals surface area contributed by atoms with E-state index in [0.717, 1.165) is 45.4 Å². The minimum absolute atomic E-state index is 0.0307. The van der Waals surface area contributed by atoms with Crippen LogP contribution in [0.15, 0.2) is 0 Å². The van der Waals surface area contributed by atoms with E-state index in [0.29, 0.717) is 35.6 Å². The van der Waals surface area contributed by atoms with Gasteiger partial charge in [0.05, 0.1) is 19.3 Å². The Morgan fingerprint density at radius 3 is 2.90 bits per heavy atom. The lowest BCUT2D eigenvalue weighted by Crippen LogP contribution is -2.22. The summed E-state index contributed by atoms with van der Waals surface area (Å²) in [7, 11) is 1.60. The maximum atomic E-state index is 6.11. The number of hydrogen-bond acceptors (Lipinski definition) is 8. The highest BCUT2D eigenvalue weighted by atomic mass is 16.5. The van der Waals surface area contributed by atoms with Crippen molar-refractivity contribution in [3.05, 3.63) is 0 Å². The topological polar surface area (TPSA) is 109 Å². The Morgan fingerprint density at radius 1 is 1.31 bits per heavy atom. The Balaban J connectivity index is 1.61. The van der Waals surface area contributed by atoms with E-state index in [4.69, 9.17) is 19.9 Å². The number of nitrogen functional groups attached to an aromatic ring is 1. The van der Waals surface area contributed by atoms with E-state index in [-0.39, 0.29) is 12.1 Å². The molecule has 9 heteroatoms. The fourth-order valence-electron chi connectivity index (χ4n) is 3.66. The molecule has 2 aromatic heterocycles. The van der Waals surface area contributed by atoms with E-state index in [1.807, 2.05) is 11.5 Å². The normalized spacial score (nSPS) is 17.7. The summed E-state index contributed by atoms with van der Waals surface area (Å²) in [6.07, 6.45) is 6.77. The molecular weight excluding hydrogens is 372 g/mol. The molecule has 0 bridgehead atoms. The molecule has 162 valence electrons. The maximum Gasteiger partial charge on any atom is 0.320 e. The second-order valence-electron chi connectivity index (χ2n) is 7.56. The quantitative estimate of drug-likeness (QED) is 0.518. The lowest BCUT2D eigenvalue weighted by molar-refractivity contribution is 0.104. The molecule has 1 unspecified atom stereocenters. The Kier molecular flexibility index (Phi) is 7.88. The lowest BCUT2D eigenvalue weighted by atomic mass is 10.2. The molecule has 2 aromatic rings. The first kappa shape index (κ1) is 21.6. The van der Waals surface area contributed by atoms with Gasteiger partial charge < -0.3 is 25.3 Å². The number of methoxy groups -OCH3 is 1. The number of rotatable bonds is 12. The summed E-state index contributed by atoms with van der Waals surface area (Å²) >= 11 is 0. The monoisotopic (exact) mass is 406 g/mol. The number of fused-ring (bicyclic) bond motifs is 1. The van der Waals surface area contributed by atoms with Crippen LogP contribution in [0.3, 0.4) is 0 Å². The van der Waals surface area contributed by atoms with Gasteiger partial charge in [-0.1, -0.05) is 13.3 Å². The minimum atomic E-state index is 0.0307. The molecular formula is C20H34N6O3. The number of aryl methyl sites for hydroxylation is 1. The number of ether oxygens (including phenoxy) is 3. The predicted octanol–water partition coefficient (Wildman–Crippen LogP) is 2.53. The number of aromatic nitrogens is 4. The summed E-state index contributed by atoms with van der Waals surface area (Å²) < 4.78 is 18.9. The van der Waals surface area contributed by atoms with Gasteiger partial charge in [-0.3, -0.25) is 4.57 Å². The van der Waals surface area contributed by atoms with Gasteiger partial charge in [0.25, 0.3) is 6.01 Å². The zero-order valence-corrected chi connectivity index (χ0v) is 17.8. The Bertz CT molecular complexity index is 775. The van der Waals surface area contributed by atoms with Crippen LogP contribution in [0.2, 0.25) is 0 Å². The first-order valence-corrected chi connectivity index (χ1v) is 10.7. The van der Waals surface area contributed by atoms with Gasteiger partial charge in [0.2, 0.25) is 0 Å². The number of nitrogens with one attached hydrogen (secondary N) is 1. The van der Waals surface area contributed by atoms with Gasteiger partial charge in [-0.2, -0.15) is 15.0 Å². The first-order valence-electron chi connectivity index (χ1n) is 10.7. The van der Waals surface area contributed by atoms with Gasteiger partial charge in [0.1, 0.15) is 0 Å². The average Bonchev–Trinajstić information content (AvgIpc) is 3.33. The number of anilines is 1. The van der Waals surface area contributed by atoms with Crippen molar-refractivity contribution in [3.8, 4) is 12.0 Å².